The van der Waals surface area contributed by atoms with Gasteiger partial charge in [0.25, 0.3) is 0 Å². The van der Waals surface area contributed by atoms with Gasteiger partial charge in [0.2, 0.25) is 5.91 Å². The third kappa shape index (κ3) is 4.49. The zero-order chi connectivity index (χ0) is 17.5. The molecule has 0 fully saturated rings. The highest BCUT2D eigenvalue weighted by atomic mass is 16.5. The van der Waals surface area contributed by atoms with E-state index in [0.717, 1.165) is 22.4 Å². The van der Waals surface area contributed by atoms with E-state index < -0.39 is 0 Å². The predicted octanol–water partition coefficient (Wildman–Crippen LogP) is 4.10. The highest BCUT2D eigenvalue weighted by Crippen LogP contribution is 2.23. The van der Waals surface area contributed by atoms with Crippen molar-refractivity contribution in [1.82, 2.24) is 0 Å². The molecule has 124 valence electrons. The Hall–Kier alpha value is -3.01. The molecule has 0 aliphatic carbocycles. The smallest absolute Gasteiger partial charge is 0.248 e. The summed E-state index contributed by atoms with van der Waals surface area (Å²) in [6.45, 7) is 7.99. The van der Waals surface area contributed by atoms with Crippen LogP contribution in [0.4, 0.5) is 11.4 Å². The highest BCUT2D eigenvalue weighted by Gasteiger charge is 2.04. The molecule has 0 aliphatic heterocycles. The van der Waals surface area contributed by atoms with E-state index in [-0.39, 0.29) is 5.91 Å². The first-order valence-corrected chi connectivity index (χ1v) is 7.69. The van der Waals surface area contributed by atoms with Gasteiger partial charge in [0.1, 0.15) is 12.4 Å². The Balaban J connectivity index is 2.04. The second-order valence-electron chi connectivity index (χ2n) is 5.47. The lowest BCUT2D eigenvalue weighted by Gasteiger charge is -2.09. The van der Waals surface area contributed by atoms with Crippen LogP contribution in [0.3, 0.4) is 0 Å². The Labute approximate surface area is 142 Å². The monoisotopic (exact) mass is 322 g/mol. The van der Waals surface area contributed by atoms with E-state index in [9.17, 15) is 4.79 Å². The Bertz CT molecular complexity index is 779. The molecular weight excluding hydrogens is 300 g/mol. The van der Waals surface area contributed by atoms with E-state index in [1.165, 1.54) is 6.08 Å². The number of hydrogen-bond donors (Lipinski definition) is 2. The van der Waals surface area contributed by atoms with Crippen molar-refractivity contribution in [2.24, 2.45) is 0 Å². The molecule has 0 aromatic heterocycles. The maximum Gasteiger partial charge on any atom is 0.248 e. The van der Waals surface area contributed by atoms with E-state index in [0.29, 0.717) is 18.0 Å². The van der Waals surface area contributed by atoms with E-state index in [2.05, 4.69) is 11.9 Å². The summed E-state index contributed by atoms with van der Waals surface area (Å²) in [5.41, 5.74) is 10.3. The summed E-state index contributed by atoms with van der Waals surface area (Å²) in [6.07, 6.45) is 4.86. The number of nitrogens with one attached hydrogen (secondary N) is 1. The number of nitrogen functional groups attached to an aromatic ring is 1. The number of hydrogen-bond acceptors (Lipinski definition) is 3. The van der Waals surface area contributed by atoms with Gasteiger partial charge in [-0.05, 0) is 54.8 Å². The maximum atomic E-state index is 12.1. The molecule has 0 atom stereocenters. The van der Waals surface area contributed by atoms with Gasteiger partial charge in [0, 0.05) is 11.8 Å². The molecule has 24 heavy (non-hydrogen) atoms. The topological polar surface area (TPSA) is 64.3 Å². The SMILES string of the molecule is C=CCOc1ccc(/C=C\C(=O)Nc2cccc(C)c2C)cc1N. The lowest BCUT2D eigenvalue weighted by Crippen LogP contribution is -2.09. The van der Waals surface area contributed by atoms with Gasteiger partial charge in [-0.1, -0.05) is 30.9 Å². The Morgan fingerprint density at radius 1 is 1.29 bits per heavy atom. The molecule has 1 amide bonds. The number of rotatable bonds is 6. The molecule has 2 rings (SSSR count). The second kappa shape index (κ2) is 8.02. The molecule has 0 bridgehead atoms. The molecule has 3 N–H and O–H groups in total. The lowest BCUT2D eigenvalue weighted by atomic mass is 10.1. The molecule has 0 unspecified atom stereocenters. The normalized spacial score (nSPS) is 10.6. The fraction of sp³-hybridized carbons (Fsp3) is 0.150. The number of ether oxygens (including phenoxy) is 1. The van der Waals surface area contributed by atoms with Crippen LogP contribution in [0.15, 0.2) is 55.1 Å². The summed E-state index contributed by atoms with van der Waals surface area (Å²) >= 11 is 0. The van der Waals surface area contributed by atoms with Gasteiger partial charge in [-0.15, -0.1) is 0 Å². The zero-order valence-corrected chi connectivity index (χ0v) is 14.0. The van der Waals surface area contributed by atoms with Crippen molar-refractivity contribution in [2.75, 3.05) is 17.7 Å². The van der Waals surface area contributed by atoms with Crippen LogP contribution in [0.2, 0.25) is 0 Å². The van der Waals surface area contributed by atoms with Gasteiger partial charge in [-0.2, -0.15) is 0 Å². The zero-order valence-electron chi connectivity index (χ0n) is 14.0. The van der Waals surface area contributed by atoms with Gasteiger partial charge in [0.05, 0.1) is 5.69 Å². The second-order valence-corrected chi connectivity index (χ2v) is 5.47. The number of amides is 1. The summed E-state index contributed by atoms with van der Waals surface area (Å²) in [5, 5.41) is 2.88. The average molecular weight is 322 g/mol. The largest absolute Gasteiger partial charge is 0.487 e. The minimum atomic E-state index is -0.186. The minimum Gasteiger partial charge on any atom is -0.487 e. The van der Waals surface area contributed by atoms with Gasteiger partial charge < -0.3 is 15.8 Å². The first-order chi connectivity index (χ1) is 11.5. The molecular formula is C20H22N2O2. The maximum absolute atomic E-state index is 12.1. The molecule has 0 radical (unpaired) electrons. The molecule has 4 nitrogen and oxygen atoms in total. The van der Waals surface area contributed by atoms with Crippen molar-refractivity contribution >= 4 is 23.4 Å². The quantitative estimate of drug-likeness (QED) is 0.478. The van der Waals surface area contributed by atoms with Crippen molar-refractivity contribution in [3.8, 4) is 5.75 Å². The van der Waals surface area contributed by atoms with Gasteiger partial charge in [-0.25, -0.2) is 0 Å². The summed E-state index contributed by atoms with van der Waals surface area (Å²) in [4.78, 5) is 12.1. The lowest BCUT2D eigenvalue weighted by molar-refractivity contribution is -0.111. The molecule has 4 heteroatoms. The van der Waals surface area contributed by atoms with Crippen molar-refractivity contribution in [1.29, 1.82) is 0 Å². The highest BCUT2D eigenvalue weighted by molar-refractivity contribution is 6.02. The third-order valence-electron chi connectivity index (χ3n) is 3.68. The Morgan fingerprint density at radius 3 is 2.79 bits per heavy atom. The van der Waals surface area contributed by atoms with Gasteiger partial charge in [0.15, 0.2) is 0 Å². The van der Waals surface area contributed by atoms with Crippen molar-refractivity contribution < 1.29 is 9.53 Å². The van der Waals surface area contributed by atoms with Crippen LogP contribution >= 0.6 is 0 Å². The number of aryl methyl sites for hydroxylation is 1. The van der Waals surface area contributed by atoms with Crippen molar-refractivity contribution in [3.05, 3.63) is 71.8 Å². The van der Waals surface area contributed by atoms with E-state index in [1.807, 2.05) is 38.1 Å². The Kier molecular flexibility index (Phi) is 5.79. The molecule has 0 spiro atoms. The molecule has 0 heterocycles. The molecule has 0 aliphatic rings. The van der Waals surface area contributed by atoms with Crippen LogP contribution in [0.25, 0.3) is 6.08 Å². The first-order valence-electron chi connectivity index (χ1n) is 7.69. The summed E-state index contributed by atoms with van der Waals surface area (Å²) in [5.74, 6) is 0.418. The van der Waals surface area contributed by atoms with Gasteiger partial charge >= 0.3 is 0 Å². The minimum absolute atomic E-state index is 0.186. The van der Waals surface area contributed by atoms with Crippen molar-refractivity contribution in [3.63, 3.8) is 0 Å². The van der Waals surface area contributed by atoms with Crippen molar-refractivity contribution in [2.45, 2.75) is 13.8 Å². The number of benzene rings is 2. The summed E-state index contributed by atoms with van der Waals surface area (Å²) in [6, 6.07) is 11.2. The number of anilines is 2. The fourth-order valence-electron chi connectivity index (χ4n) is 2.18. The first kappa shape index (κ1) is 17.3. The van der Waals surface area contributed by atoms with E-state index in [1.54, 1.807) is 24.3 Å². The molecule has 2 aromatic rings. The number of nitrogens with two attached hydrogens (primary N) is 1. The van der Waals surface area contributed by atoms with Crippen LogP contribution in [0.1, 0.15) is 16.7 Å². The van der Waals surface area contributed by atoms with E-state index in [4.69, 9.17) is 10.5 Å². The Morgan fingerprint density at radius 2 is 2.08 bits per heavy atom. The molecule has 0 saturated heterocycles. The van der Waals surface area contributed by atoms with Crippen LogP contribution in [0, 0.1) is 13.8 Å². The summed E-state index contributed by atoms with van der Waals surface area (Å²) < 4.78 is 5.42. The number of carbonyl (C=O) groups excluding carboxylic acids is 1. The van der Waals surface area contributed by atoms with Crippen LogP contribution < -0.4 is 15.8 Å². The van der Waals surface area contributed by atoms with E-state index >= 15 is 0 Å². The summed E-state index contributed by atoms with van der Waals surface area (Å²) in [7, 11) is 0. The standard InChI is InChI=1S/C20H22N2O2/c1-4-12-24-19-10-8-16(13-17(19)21)9-11-20(23)22-18-7-5-6-14(2)15(18)3/h4-11,13H,1,12,21H2,2-3H3,(H,22,23)/b11-9-. The van der Waals surface area contributed by atoms with Crippen LogP contribution in [-0.2, 0) is 4.79 Å². The average Bonchev–Trinajstić information content (AvgIpc) is 2.56. The van der Waals surface area contributed by atoms with Crippen LogP contribution in [-0.4, -0.2) is 12.5 Å². The molecule has 2 aromatic carbocycles. The predicted molar refractivity (Wildman–Crippen MR) is 100 cm³/mol. The fourth-order valence-corrected chi connectivity index (χ4v) is 2.18. The number of carbonyl (C=O) groups is 1. The van der Waals surface area contributed by atoms with Crippen LogP contribution in [0.5, 0.6) is 5.75 Å². The van der Waals surface area contributed by atoms with Gasteiger partial charge in [-0.3, -0.25) is 4.79 Å². The molecule has 0 saturated carbocycles. The third-order valence-corrected chi connectivity index (χ3v) is 3.68.